The van der Waals surface area contributed by atoms with E-state index < -0.39 is 28.1 Å². The lowest BCUT2D eigenvalue weighted by molar-refractivity contribution is 0.0691. The molecule has 1 atom stereocenters. The molecule has 1 unspecified atom stereocenters. The van der Waals surface area contributed by atoms with Crippen LogP contribution in [0, 0.1) is 5.82 Å². The molecule has 0 amide bonds. The van der Waals surface area contributed by atoms with Crippen molar-refractivity contribution in [3.05, 3.63) is 64.4 Å². The summed E-state index contributed by atoms with van der Waals surface area (Å²) in [6.45, 7) is 0. The molecule has 0 aliphatic carbocycles. The zero-order chi connectivity index (χ0) is 14.7. The topological polar surface area (TPSA) is 54.4 Å². The first-order valence-electron chi connectivity index (χ1n) is 5.63. The minimum atomic E-state index is -1.49. The summed E-state index contributed by atoms with van der Waals surface area (Å²) < 4.78 is 25.5. The largest absolute Gasteiger partial charge is 0.478 e. The first kappa shape index (κ1) is 14.7. The van der Waals surface area contributed by atoms with Gasteiger partial charge in [0.2, 0.25) is 0 Å². The summed E-state index contributed by atoms with van der Waals surface area (Å²) in [4.78, 5) is 11.1. The molecular weight excluding hydrogens is 303 g/mol. The van der Waals surface area contributed by atoms with Crippen molar-refractivity contribution in [1.29, 1.82) is 0 Å². The van der Waals surface area contributed by atoms with E-state index in [0.717, 1.165) is 12.1 Å². The monoisotopic (exact) mass is 312 g/mol. The van der Waals surface area contributed by atoms with Gasteiger partial charge in [0.15, 0.2) is 0 Å². The van der Waals surface area contributed by atoms with Gasteiger partial charge in [-0.1, -0.05) is 29.8 Å². The fourth-order valence-corrected chi connectivity index (χ4v) is 3.10. The van der Waals surface area contributed by atoms with Crippen LogP contribution < -0.4 is 0 Å². The first-order chi connectivity index (χ1) is 9.49. The molecule has 0 aliphatic heterocycles. The number of aromatic carboxylic acids is 1. The number of halogens is 2. The molecule has 2 aromatic carbocycles. The summed E-state index contributed by atoms with van der Waals surface area (Å²) in [6, 6.07) is 10.4. The number of benzene rings is 2. The molecule has 0 saturated heterocycles. The quantitative estimate of drug-likeness (QED) is 0.940. The zero-order valence-electron chi connectivity index (χ0n) is 10.2. The molecule has 0 fully saturated rings. The Kier molecular flexibility index (Phi) is 4.52. The van der Waals surface area contributed by atoms with Gasteiger partial charge >= 0.3 is 5.97 Å². The summed E-state index contributed by atoms with van der Waals surface area (Å²) in [6.07, 6.45) is 0. The molecule has 104 valence electrons. The molecule has 2 rings (SSSR count). The highest BCUT2D eigenvalue weighted by Crippen LogP contribution is 2.21. The van der Waals surface area contributed by atoms with Crippen LogP contribution in [-0.4, -0.2) is 15.3 Å². The first-order valence-corrected chi connectivity index (χ1v) is 7.33. The van der Waals surface area contributed by atoms with Crippen LogP contribution in [0.2, 0.25) is 5.02 Å². The lowest BCUT2D eigenvalue weighted by atomic mass is 10.2. The molecule has 3 nitrogen and oxygen atoms in total. The van der Waals surface area contributed by atoms with Gasteiger partial charge in [0.25, 0.3) is 0 Å². The average Bonchev–Trinajstić information content (AvgIpc) is 2.41. The number of carboxylic acids is 1. The van der Waals surface area contributed by atoms with Crippen LogP contribution in [0.15, 0.2) is 47.4 Å². The average molecular weight is 313 g/mol. The minimum Gasteiger partial charge on any atom is -0.478 e. The third-order valence-electron chi connectivity index (χ3n) is 2.68. The minimum absolute atomic E-state index is 0.143. The van der Waals surface area contributed by atoms with Crippen LogP contribution in [0.5, 0.6) is 0 Å². The van der Waals surface area contributed by atoms with Crippen molar-refractivity contribution in [2.75, 3.05) is 0 Å². The van der Waals surface area contributed by atoms with Crippen molar-refractivity contribution < 1.29 is 18.5 Å². The number of carboxylic acid groups (broad SMARTS) is 1. The van der Waals surface area contributed by atoms with E-state index in [1.165, 1.54) is 6.07 Å². The van der Waals surface area contributed by atoms with Crippen molar-refractivity contribution in [2.24, 2.45) is 0 Å². The molecule has 0 bridgehead atoms. The van der Waals surface area contributed by atoms with E-state index >= 15 is 0 Å². The standard InChI is InChI=1S/C14H10ClFO3S/c15-12-4-2-1-3-9(12)8-20(19)10-5-6-13(16)11(7-10)14(17)18/h1-7H,8H2,(H,17,18). The summed E-state index contributed by atoms with van der Waals surface area (Å²) >= 11 is 5.97. The third kappa shape index (κ3) is 3.23. The van der Waals surface area contributed by atoms with Gasteiger partial charge in [-0.2, -0.15) is 0 Å². The molecule has 0 saturated carbocycles. The van der Waals surface area contributed by atoms with E-state index in [2.05, 4.69) is 0 Å². The predicted molar refractivity (Wildman–Crippen MR) is 74.9 cm³/mol. The van der Waals surface area contributed by atoms with Crippen LogP contribution in [0.1, 0.15) is 15.9 Å². The van der Waals surface area contributed by atoms with E-state index in [0.29, 0.717) is 10.6 Å². The maximum absolute atomic E-state index is 13.3. The number of carbonyl (C=O) groups is 1. The van der Waals surface area contributed by atoms with Crippen molar-refractivity contribution in [2.45, 2.75) is 10.6 Å². The van der Waals surface area contributed by atoms with Crippen LogP contribution in [0.3, 0.4) is 0 Å². The zero-order valence-corrected chi connectivity index (χ0v) is 11.7. The predicted octanol–water partition coefficient (Wildman–Crippen LogP) is 3.49. The molecule has 0 aliphatic rings. The SMILES string of the molecule is O=C(O)c1cc(S(=O)Cc2ccccc2Cl)ccc1F. The maximum Gasteiger partial charge on any atom is 0.338 e. The van der Waals surface area contributed by atoms with Gasteiger partial charge in [-0.25, -0.2) is 9.18 Å². The Bertz CT molecular complexity index is 688. The second-order valence-corrected chi connectivity index (χ2v) is 5.89. The molecule has 0 heterocycles. The maximum atomic E-state index is 13.3. The molecule has 2 aromatic rings. The van der Waals surface area contributed by atoms with Crippen LogP contribution in [-0.2, 0) is 16.6 Å². The molecule has 20 heavy (non-hydrogen) atoms. The molecular formula is C14H10ClFO3S. The summed E-state index contributed by atoms with van der Waals surface area (Å²) in [7, 11) is -1.49. The Labute approximate surface area is 122 Å². The highest BCUT2D eigenvalue weighted by molar-refractivity contribution is 7.84. The highest BCUT2D eigenvalue weighted by atomic mass is 35.5. The lowest BCUT2D eigenvalue weighted by Gasteiger charge is -2.06. The molecule has 0 radical (unpaired) electrons. The Morgan fingerprint density at radius 2 is 1.95 bits per heavy atom. The van der Waals surface area contributed by atoms with Gasteiger partial charge < -0.3 is 5.11 Å². The van der Waals surface area contributed by atoms with E-state index in [9.17, 15) is 13.4 Å². The number of hydrogen-bond donors (Lipinski definition) is 1. The smallest absolute Gasteiger partial charge is 0.338 e. The van der Waals surface area contributed by atoms with Crippen molar-refractivity contribution in [1.82, 2.24) is 0 Å². The van der Waals surface area contributed by atoms with E-state index in [4.69, 9.17) is 16.7 Å². The Morgan fingerprint density at radius 1 is 1.25 bits per heavy atom. The highest BCUT2D eigenvalue weighted by Gasteiger charge is 2.14. The summed E-state index contributed by atoms with van der Waals surface area (Å²) in [5.74, 6) is -2.10. The van der Waals surface area contributed by atoms with Gasteiger partial charge in [-0.3, -0.25) is 4.21 Å². The molecule has 1 N–H and O–H groups in total. The van der Waals surface area contributed by atoms with Crippen LogP contribution in [0.25, 0.3) is 0 Å². The van der Waals surface area contributed by atoms with Crippen LogP contribution in [0.4, 0.5) is 4.39 Å². The molecule has 0 spiro atoms. The molecule has 0 aromatic heterocycles. The van der Waals surface area contributed by atoms with Crippen molar-refractivity contribution in [3.8, 4) is 0 Å². The Balaban J connectivity index is 2.28. The van der Waals surface area contributed by atoms with Crippen molar-refractivity contribution in [3.63, 3.8) is 0 Å². The van der Waals surface area contributed by atoms with Gasteiger partial charge in [0.1, 0.15) is 5.82 Å². The van der Waals surface area contributed by atoms with Crippen molar-refractivity contribution >= 4 is 28.4 Å². The summed E-state index contributed by atoms with van der Waals surface area (Å²) in [5, 5.41) is 9.33. The lowest BCUT2D eigenvalue weighted by Crippen LogP contribution is -2.04. The Morgan fingerprint density at radius 3 is 2.60 bits per heavy atom. The second kappa shape index (κ2) is 6.15. The van der Waals surface area contributed by atoms with Gasteiger partial charge in [0, 0.05) is 9.92 Å². The van der Waals surface area contributed by atoms with Crippen LogP contribution >= 0.6 is 11.6 Å². The number of rotatable bonds is 4. The number of hydrogen-bond acceptors (Lipinski definition) is 2. The fourth-order valence-electron chi connectivity index (χ4n) is 1.65. The van der Waals surface area contributed by atoms with E-state index in [1.807, 2.05) is 0 Å². The normalized spacial score (nSPS) is 12.1. The fraction of sp³-hybridized carbons (Fsp3) is 0.0714. The van der Waals surface area contributed by atoms with E-state index in [1.54, 1.807) is 24.3 Å². The second-order valence-electron chi connectivity index (χ2n) is 4.03. The van der Waals surface area contributed by atoms with Gasteiger partial charge in [-0.05, 0) is 29.8 Å². The van der Waals surface area contributed by atoms with E-state index in [-0.39, 0.29) is 10.6 Å². The van der Waals surface area contributed by atoms with Gasteiger partial charge in [-0.15, -0.1) is 0 Å². The molecule has 6 heteroatoms. The van der Waals surface area contributed by atoms with Gasteiger partial charge in [0.05, 0.1) is 22.1 Å². The third-order valence-corrected chi connectivity index (χ3v) is 4.40. The summed E-state index contributed by atoms with van der Waals surface area (Å²) in [5.41, 5.74) is 0.198. The Hall–Kier alpha value is -1.72.